The molecule has 0 fully saturated rings. The van der Waals surface area contributed by atoms with Gasteiger partial charge in [-0.05, 0) is 68.0 Å². The van der Waals surface area contributed by atoms with E-state index >= 15 is 0 Å². The molecule has 0 spiro atoms. The second kappa shape index (κ2) is 12.7. The van der Waals surface area contributed by atoms with E-state index in [0.717, 1.165) is 71.5 Å². The van der Waals surface area contributed by atoms with Crippen molar-refractivity contribution in [2.75, 3.05) is 0 Å². The van der Waals surface area contributed by atoms with Gasteiger partial charge in [-0.25, -0.2) is 15.0 Å². The minimum Gasteiger partial charge on any atom is -0.455 e. The maximum Gasteiger partial charge on any atom is 0.170 e. The fourth-order valence-electron chi connectivity index (χ4n) is 9.46. The van der Waals surface area contributed by atoms with Gasteiger partial charge in [-0.3, -0.25) is 0 Å². The lowest BCUT2D eigenvalue weighted by molar-refractivity contribution is 0.669. The number of furan rings is 1. The maximum atomic E-state index is 7.06. The van der Waals surface area contributed by atoms with Crippen molar-refractivity contribution in [2.45, 2.75) is 0 Å². The van der Waals surface area contributed by atoms with E-state index in [1.165, 1.54) is 37.7 Å². The third-order valence-electron chi connectivity index (χ3n) is 12.2. The van der Waals surface area contributed by atoms with Gasteiger partial charge < -0.3 is 8.98 Å². The third kappa shape index (κ3) is 4.84. The number of aromatic nitrogens is 4. The van der Waals surface area contributed by atoms with E-state index in [-0.39, 0.29) is 0 Å². The Bertz CT molecular complexity index is 3900. The van der Waals surface area contributed by atoms with Crippen molar-refractivity contribution in [1.82, 2.24) is 19.5 Å². The van der Waals surface area contributed by atoms with Crippen molar-refractivity contribution >= 4 is 86.8 Å². The number of rotatable bonds is 4. The molecule has 3 heterocycles. The Morgan fingerprint density at radius 1 is 0.350 bits per heavy atom. The minimum absolute atomic E-state index is 0.536. The summed E-state index contributed by atoms with van der Waals surface area (Å²) in [4.78, 5) is 16.1. The molecule has 0 radical (unpaired) electrons. The highest BCUT2D eigenvalue weighted by Gasteiger charge is 2.28. The van der Waals surface area contributed by atoms with Gasteiger partial charge in [0.15, 0.2) is 17.5 Å². The Morgan fingerprint density at radius 2 is 0.950 bits per heavy atom. The fraction of sp³-hybridized carbons (Fsp3) is 0. The molecule has 13 aromatic rings. The molecule has 0 bridgehead atoms. The first-order chi connectivity index (χ1) is 29.7. The molecule has 0 aliphatic heterocycles. The number of hydrogen-bond donors (Lipinski definition) is 0. The van der Waals surface area contributed by atoms with Crippen molar-refractivity contribution in [2.24, 2.45) is 0 Å². The zero-order chi connectivity index (χ0) is 39.3. The molecule has 5 heteroatoms. The van der Waals surface area contributed by atoms with Crippen LogP contribution in [-0.2, 0) is 0 Å². The van der Waals surface area contributed by atoms with Gasteiger partial charge in [0.1, 0.15) is 11.2 Å². The van der Waals surface area contributed by atoms with Crippen LogP contribution in [0.4, 0.5) is 0 Å². The Labute approximate surface area is 343 Å². The Hall–Kier alpha value is -8.15. The first-order valence-corrected chi connectivity index (χ1v) is 20.3. The van der Waals surface area contributed by atoms with E-state index in [0.29, 0.717) is 17.5 Å². The summed E-state index contributed by atoms with van der Waals surface area (Å²) in [6.45, 7) is 0. The summed E-state index contributed by atoms with van der Waals surface area (Å²) in [5.41, 5.74) is 7.30. The van der Waals surface area contributed by atoms with Crippen LogP contribution in [0.3, 0.4) is 0 Å². The van der Waals surface area contributed by atoms with Crippen molar-refractivity contribution in [3.8, 4) is 39.9 Å². The monoisotopic (exact) mass is 764 g/mol. The van der Waals surface area contributed by atoms with Crippen molar-refractivity contribution in [3.05, 3.63) is 194 Å². The molecule has 0 atom stereocenters. The number of benzene rings is 10. The van der Waals surface area contributed by atoms with Gasteiger partial charge in [-0.2, -0.15) is 0 Å². The van der Waals surface area contributed by atoms with Gasteiger partial charge in [0, 0.05) is 38.1 Å². The van der Waals surface area contributed by atoms with Crippen LogP contribution in [0.2, 0.25) is 0 Å². The Balaban J connectivity index is 1.20. The third-order valence-corrected chi connectivity index (χ3v) is 12.2. The van der Waals surface area contributed by atoms with Gasteiger partial charge in [-0.15, -0.1) is 0 Å². The average molecular weight is 765 g/mol. The van der Waals surface area contributed by atoms with Crippen LogP contribution < -0.4 is 0 Å². The molecule has 10 aromatic carbocycles. The first kappa shape index (κ1) is 32.9. The minimum atomic E-state index is 0.536. The van der Waals surface area contributed by atoms with E-state index in [2.05, 4.69) is 168 Å². The van der Waals surface area contributed by atoms with E-state index in [4.69, 9.17) is 19.4 Å². The van der Waals surface area contributed by atoms with Crippen molar-refractivity contribution in [1.29, 1.82) is 0 Å². The predicted octanol–water partition coefficient (Wildman–Crippen LogP) is 14.5. The molecule has 0 N–H and O–H groups in total. The highest BCUT2D eigenvalue weighted by Crippen LogP contribution is 2.48. The molecular weight excluding hydrogens is 733 g/mol. The lowest BCUT2D eigenvalue weighted by Gasteiger charge is -2.18. The molecule has 0 amide bonds. The maximum absolute atomic E-state index is 7.06. The molecular formula is C55H32N4O. The zero-order valence-corrected chi connectivity index (χ0v) is 32.2. The molecule has 0 aliphatic carbocycles. The van der Waals surface area contributed by atoms with Crippen LogP contribution in [0.25, 0.3) is 127 Å². The van der Waals surface area contributed by atoms with Crippen LogP contribution in [0.1, 0.15) is 0 Å². The number of nitrogens with zero attached hydrogens (tertiary/aromatic N) is 4. The summed E-state index contributed by atoms with van der Waals surface area (Å²) in [5, 5.41) is 13.7. The number of hydrogen-bond acceptors (Lipinski definition) is 4. The van der Waals surface area contributed by atoms with Crippen LogP contribution >= 0.6 is 0 Å². The van der Waals surface area contributed by atoms with Crippen LogP contribution in [-0.4, -0.2) is 19.5 Å². The van der Waals surface area contributed by atoms with E-state index in [9.17, 15) is 0 Å². The Morgan fingerprint density at radius 3 is 1.78 bits per heavy atom. The molecule has 60 heavy (non-hydrogen) atoms. The van der Waals surface area contributed by atoms with Crippen LogP contribution in [0.15, 0.2) is 199 Å². The lowest BCUT2D eigenvalue weighted by atomic mass is 9.96. The average Bonchev–Trinajstić information content (AvgIpc) is 3.86. The second-order valence-electron chi connectivity index (χ2n) is 15.5. The summed E-state index contributed by atoms with van der Waals surface area (Å²) >= 11 is 0. The molecule has 0 saturated carbocycles. The zero-order valence-electron chi connectivity index (χ0n) is 32.2. The van der Waals surface area contributed by atoms with E-state index < -0.39 is 0 Å². The number of fused-ring (bicyclic) bond motifs is 12. The van der Waals surface area contributed by atoms with Gasteiger partial charge in [-0.1, -0.05) is 164 Å². The molecule has 0 unspecified atom stereocenters. The van der Waals surface area contributed by atoms with Crippen molar-refractivity contribution < 1.29 is 4.42 Å². The summed E-state index contributed by atoms with van der Waals surface area (Å²) < 4.78 is 9.47. The first-order valence-electron chi connectivity index (χ1n) is 20.3. The van der Waals surface area contributed by atoms with Gasteiger partial charge in [0.2, 0.25) is 0 Å². The highest BCUT2D eigenvalue weighted by molar-refractivity contribution is 6.26. The highest BCUT2D eigenvalue weighted by atomic mass is 16.3. The summed E-state index contributed by atoms with van der Waals surface area (Å²) in [5.74, 6) is 1.71. The molecule has 0 aliphatic rings. The number of para-hydroxylation sites is 2. The van der Waals surface area contributed by atoms with Gasteiger partial charge >= 0.3 is 0 Å². The lowest BCUT2D eigenvalue weighted by Crippen LogP contribution is -2.05. The molecule has 278 valence electrons. The molecule has 13 rings (SSSR count). The summed E-state index contributed by atoms with van der Waals surface area (Å²) in [6.07, 6.45) is 0. The molecule has 0 saturated heterocycles. The van der Waals surface area contributed by atoms with Gasteiger partial charge in [0.25, 0.3) is 0 Å². The van der Waals surface area contributed by atoms with Gasteiger partial charge in [0.05, 0.1) is 22.3 Å². The Kier molecular flexibility index (Phi) is 6.95. The quantitative estimate of drug-likeness (QED) is 0.167. The summed E-state index contributed by atoms with van der Waals surface area (Å²) in [6, 6.07) is 68.5. The second-order valence-corrected chi connectivity index (χ2v) is 15.5. The topological polar surface area (TPSA) is 56.7 Å². The van der Waals surface area contributed by atoms with Crippen LogP contribution in [0, 0.1) is 0 Å². The van der Waals surface area contributed by atoms with Crippen LogP contribution in [0.5, 0.6) is 0 Å². The normalized spacial score (nSPS) is 12.0. The largest absolute Gasteiger partial charge is 0.455 e. The van der Waals surface area contributed by atoms with Crippen molar-refractivity contribution in [3.63, 3.8) is 0 Å². The molecule has 5 nitrogen and oxygen atoms in total. The standard InChI is InChI=1S/C55H32N4O/c1-2-15-34(16-3-1)53-56-54(38-28-29-40-37(30-38)27-26-33-14-6-7-19-39(33)40)58-55(57-53)50-51(43-22-9-8-21-42(43)49-44-23-11-13-25-48(44)60-52(49)50)59-46-24-12-10-20-41(46)45-31-35-17-4-5-18-36(35)32-47(45)59/h1-32H. The van der Waals surface area contributed by atoms with E-state index in [1.54, 1.807) is 0 Å². The summed E-state index contributed by atoms with van der Waals surface area (Å²) in [7, 11) is 0. The molecule has 3 aromatic heterocycles. The van der Waals surface area contributed by atoms with E-state index in [1.807, 2.05) is 30.3 Å². The predicted molar refractivity (Wildman–Crippen MR) is 248 cm³/mol. The smallest absolute Gasteiger partial charge is 0.170 e. The SMILES string of the molecule is c1ccc(-c2nc(-c3ccc4c(ccc5ccccc54)c3)nc(-c3c(-n4c5ccccc5c5cc6ccccc6cc54)c4ccccc4c4c3oc3ccccc34)n2)cc1. The fourth-order valence-corrected chi connectivity index (χ4v) is 9.46.